The van der Waals surface area contributed by atoms with Crippen molar-refractivity contribution in [1.82, 2.24) is 0 Å². The highest BCUT2D eigenvalue weighted by molar-refractivity contribution is 7.98. The summed E-state index contributed by atoms with van der Waals surface area (Å²) >= 11 is 1.74. The van der Waals surface area contributed by atoms with E-state index in [0.717, 1.165) is 6.42 Å². The number of hydrogen-bond donors (Lipinski definition) is 0. The van der Waals surface area contributed by atoms with E-state index in [-0.39, 0.29) is 5.78 Å². The molecule has 1 aromatic carbocycles. The Morgan fingerprint density at radius 3 is 2.50 bits per heavy atom. The van der Waals surface area contributed by atoms with Crippen molar-refractivity contribution in [1.29, 1.82) is 0 Å². The van der Waals surface area contributed by atoms with Crippen molar-refractivity contribution in [3.05, 3.63) is 29.3 Å². The molecule has 0 saturated heterocycles. The minimum Gasteiger partial charge on any atom is -0.300 e. The Labute approximate surface area is 89.9 Å². The fourth-order valence-electron chi connectivity index (χ4n) is 1.59. The maximum absolute atomic E-state index is 11.1. The third-order valence-corrected chi connectivity index (χ3v) is 3.14. The van der Waals surface area contributed by atoms with Crippen molar-refractivity contribution in [2.24, 2.45) is 0 Å². The summed E-state index contributed by atoms with van der Waals surface area (Å²) in [6.07, 6.45) is 3.66. The standard InChI is InChI=1S/C12H16OS/c1-4-10-6-5-7-11(8-9(2)13)12(10)14-3/h5-7H,4,8H2,1-3H3. The van der Waals surface area contributed by atoms with Gasteiger partial charge in [0.25, 0.3) is 0 Å². The average Bonchev–Trinajstić information content (AvgIpc) is 2.16. The van der Waals surface area contributed by atoms with Crippen LogP contribution in [0.5, 0.6) is 0 Å². The third kappa shape index (κ3) is 2.61. The zero-order chi connectivity index (χ0) is 10.6. The lowest BCUT2D eigenvalue weighted by Crippen LogP contribution is -2.00. The first kappa shape index (κ1) is 11.3. The van der Waals surface area contributed by atoms with Gasteiger partial charge in [0.05, 0.1) is 0 Å². The Kier molecular flexibility index (Phi) is 4.21. The highest BCUT2D eigenvalue weighted by Crippen LogP contribution is 2.25. The van der Waals surface area contributed by atoms with E-state index < -0.39 is 0 Å². The molecular formula is C12H16OS. The highest BCUT2D eigenvalue weighted by atomic mass is 32.2. The molecule has 0 heterocycles. The van der Waals surface area contributed by atoms with Gasteiger partial charge >= 0.3 is 0 Å². The van der Waals surface area contributed by atoms with Gasteiger partial charge in [-0.15, -0.1) is 11.8 Å². The predicted molar refractivity (Wildman–Crippen MR) is 62.0 cm³/mol. The Morgan fingerprint density at radius 2 is 2.00 bits per heavy atom. The number of thioether (sulfide) groups is 1. The average molecular weight is 208 g/mol. The molecule has 0 aromatic heterocycles. The van der Waals surface area contributed by atoms with Crippen LogP contribution >= 0.6 is 11.8 Å². The van der Waals surface area contributed by atoms with E-state index in [9.17, 15) is 4.79 Å². The van der Waals surface area contributed by atoms with E-state index in [1.807, 2.05) is 12.1 Å². The van der Waals surface area contributed by atoms with Crippen LogP contribution in [0.2, 0.25) is 0 Å². The van der Waals surface area contributed by atoms with E-state index in [1.54, 1.807) is 18.7 Å². The number of benzene rings is 1. The zero-order valence-electron chi connectivity index (χ0n) is 8.96. The fourth-order valence-corrected chi connectivity index (χ4v) is 2.46. The Bertz CT molecular complexity index is 331. The molecule has 1 nitrogen and oxygen atoms in total. The second-order valence-corrected chi connectivity index (χ2v) is 4.16. The molecular weight excluding hydrogens is 192 g/mol. The smallest absolute Gasteiger partial charge is 0.134 e. The van der Waals surface area contributed by atoms with Gasteiger partial charge in [0, 0.05) is 11.3 Å². The normalized spacial score (nSPS) is 10.2. The molecule has 1 aromatic rings. The third-order valence-electron chi connectivity index (χ3n) is 2.20. The lowest BCUT2D eigenvalue weighted by atomic mass is 10.0. The lowest BCUT2D eigenvalue weighted by Gasteiger charge is -2.10. The summed E-state index contributed by atoms with van der Waals surface area (Å²) in [7, 11) is 0. The van der Waals surface area contributed by atoms with Crippen LogP contribution < -0.4 is 0 Å². The summed E-state index contributed by atoms with van der Waals surface area (Å²) < 4.78 is 0. The van der Waals surface area contributed by atoms with Crippen molar-refractivity contribution in [2.45, 2.75) is 31.6 Å². The maximum atomic E-state index is 11.1. The lowest BCUT2D eigenvalue weighted by molar-refractivity contribution is -0.116. The number of hydrogen-bond acceptors (Lipinski definition) is 2. The monoisotopic (exact) mass is 208 g/mol. The summed E-state index contributed by atoms with van der Waals surface area (Å²) in [5, 5.41) is 0. The van der Waals surface area contributed by atoms with Crippen LogP contribution in [0.25, 0.3) is 0 Å². The summed E-state index contributed by atoms with van der Waals surface area (Å²) in [4.78, 5) is 12.4. The second-order valence-electron chi connectivity index (χ2n) is 3.34. The van der Waals surface area contributed by atoms with Crippen molar-refractivity contribution in [3.63, 3.8) is 0 Å². The Hall–Kier alpha value is -0.760. The maximum Gasteiger partial charge on any atom is 0.134 e. The van der Waals surface area contributed by atoms with E-state index >= 15 is 0 Å². The first-order valence-electron chi connectivity index (χ1n) is 4.83. The molecule has 0 aliphatic heterocycles. The minimum absolute atomic E-state index is 0.230. The molecule has 0 radical (unpaired) electrons. The number of carbonyl (C=O) groups excluding carboxylic acids is 1. The predicted octanol–water partition coefficient (Wildman–Crippen LogP) is 3.10. The molecule has 14 heavy (non-hydrogen) atoms. The summed E-state index contributed by atoms with van der Waals surface area (Å²) in [6.45, 7) is 3.79. The van der Waals surface area contributed by atoms with Crippen LogP contribution in [0.1, 0.15) is 25.0 Å². The summed E-state index contributed by atoms with van der Waals surface area (Å²) in [5.41, 5.74) is 2.51. The van der Waals surface area contributed by atoms with E-state index in [0.29, 0.717) is 6.42 Å². The van der Waals surface area contributed by atoms with Gasteiger partial charge in [-0.2, -0.15) is 0 Å². The zero-order valence-corrected chi connectivity index (χ0v) is 9.78. The molecule has 0 aliphatic rings. The molecule has 0 bridgehead atoms. The highest BCUT2D eigenvalue weighted by Gasteiger charge is 2.07. The number of rotatable bonds is 4. The van der Waals surface area contributed by atoms with Crippen LogP contribution in [0.3, 0.4) is 0 Å². The minimum atomic E-state index is 0.230. The molecule has 0 fully saturated rings. The molecule has 0 saturated carbocycles. The van der Waals surface area contributed by atoms with Crippen LogP contribution in [0.4, 0.5) is 0 Å². The molecule has 2 heteroatoms. The van der Waals surface area contributed by atoms with Gasteiger partial charge in [-0.1, -0.05) is 25.1 Å². The summed E-state index contributed by atoms with van der Waals surface area (Å²) in [5.74, 6) is 0.230. The van der Waals surface area contributed by atoms with Crippen LogP contribution in [0, 0.1) is 0 Å². The molecule has 0 aliphatic carbocycles. The molecule has 0 spiro atoms. The molecule has 76 valence electrons. The molecule has 0 atom stereocenters. The topological polar surface area (TPSA) is 17.1 Å². The first-order valence-corrected chi connectivity index (χ1v) is 6.05. The van der Waals surface area contributed by atoms with E-state index in [2.05, 4.69) is 19.2 Å². The van der Waals surface area contributed by atoms with Gasteiger partial charge in [-0.25, -0.2) is 0 Å². The van der Waals surface area contributed by atoms with Gasteiger partial charge in [0.1, 0.15) is 5.78 Å². The van der Waals surface area contributed by atoms with E-state index in [4.69, 9.17) is 0 Å². The van der Waals surface area contributed by atoms with Crippen molar-refractivity contribution in [2.75, 3.05) is 6.26 Å². The molecule has 0 unspecified atom stereocenters. The second kappa shape index (κ2) is 5.20. The molecule has 0 amide bonds. The van der Waals surface area contributed by atoms with Gasteiger partial charge in [0.2, 0.25) is 0 Å². The number of ketones is 1. The van der Waals surface area contributed by atoms with Gasteiger partial charge in [0.15, 0.2) is 0 Å². The van der Waals surface area contributed by atoms with Crippen molar-refractivity contribution in [3.8, 4) is 0 Å². The number of carbonyl (C=O) groups is 1. The van der Waals surface area contributed by atoms with Crippen LogP contribution in [-0.4, -0.2) is 12.0 Å². The Morgan fingerprint density at radius 1 is 1.36 bits per heavy atom. The van der Waals surface area contributed by atoms with E-state index in [1.165, 1.54) is 16.0 Å². The first-order chi connectivity index (χ1) is 6.69. The number of Topliss-reactive ketones (excluding diaryl/α,β-unsaturated/α-hetero) is 1. The largest absolute Gasteiger partial charge is 0.300 e. The van der Waals surface area contributed by atoms with Crippen LogP contribution in [0.15, 0.2) is 23.1 Å². The quantitative estimate of drug-likeness (QED) is 0.707. The van der Waals surface area contributed by atoms with Crippen LogP contribution in [-0.2, 0) is 17.6 Å². The SMILES string of the molecule is CCc1cccc(CC(C)=O)c1SC. The molecule has 1 rings (SSSR count). The number of aryl methyl sites for hydroxylation is 1. The summed E-state index contributed by atoms with van der Waals surface area (Å²) in [6, 6.07) is 6.22. The van der Waals surface area contributed by atoms with Gasteiger partial charge in [-0.05, 0) is 30.7 Å². The van der Waals surface area contributed by atoms with Crippen molar-refractivity contribution >= 4 is 17.5 Å². The molecule has 0 N–H and O–H groups in total. The van der Waals surface area contributed by atoms with Gasteiger partial charge < -0.3 is 0 Å². The van der Waals surface area contributed by atoms with Crippen molar-refractivity contribution < 1.29 is 4.79 Å². The Balaban J connectivity index is 3.08. The van der Waals surface area contributed by atoms with Gasteiger partial charge in [-0.3, -0.25) is 4.79 Å². The fraction of sp³-hybridized carbons (Fsp3) is 0.417.